The van der Waals surface area contributed by atoms with Crippen molar-refractivity contribution in [1.29, 1.82) is 0 Å². The van der Waals surface area contributed by atoms with E-state index in [9.17, 15) is 9.90 Å². The highest BCUT2D eigenvalue weighted by Crippen LogP contribution is 2.35. The molecule has 0 aliphatic heterocycles. The summed E-state index contributed by atoms with van der Waals surface area (Å²) in [5.41, 5.74) is 1.92. The average molecular weight is 304 g/mol. The van der Waals surface area contributed by atoms with E-state index in [2.05, 4.69) is 24.5 Å². The molecular weight excluding hydrogens is 276 g/mol. The molecule has 0 bridgehead atoms. The standard InChI is InChI=1S/C18H28N2O2/c1-14(2)15-6-8-16(9-7-15)20-17(22)19-12-18(13-21)10-4-3-5-11-18/h6-9,14,21H,3-5,10-13H2,1-2H3,(H2,19,20,22). The van der Waals surface area contributed by atoms with Crippen molar-refractivity contribution in [2.75, 3.05) is 18.5 Å². The number of carbonyl (C=O) groups excluding carboxylic acids is 1. The lowest BCUT2D eigenvalue weighted by atomic mass is 9.74. The van der Waals surface area contributed by atoms with Crippen LogP contribution >= 0.6 is 0 Å². The highest BCUT2D eigenvalue weighted by atomic mass is 16.3. The van der Waals surface area contributed by atoms with Gasteiger partial charge in [-0.2, -0.15) is 0 Å². The first-order valence-electron chi connectivity index (χ1n) is 8.30. The number of nitrogens with one attached hydrogen (secondary N) is 2. The Morgan fingerprint density at radius 3 is 2.36 bits per heavy atom. The van der Waals surface area contributed by atoms with Gasteiger partial charge in [0.2, 0.25) is 0 Å². The molecule has 0 heterocycles. The lowest BCUT2D eigenvalue weighted by Crippen LogP contribution is -2.42. The van der Waals surface area contributed by atoms with E-state index in [0.29, 0.717) is 12.5 Å². The third-order valence-corrected chi connectivity index (χ3v) is 4.71. The fourth-order valence-corrected chi connectivity index (χ4v) is 3.09. The van der Waals surface area contributed by atoms with E-state index in [-0.39, 0.29) is 18.1 Å². The number of urea groups is 1. The monoisotopic (exact) mass is 304 g/mol. The minimum atomic E-state index is -0.198. The van der Waals surface area contributed by atoms with Crippen LogP contribution in [-0.4, -0.2) is 24.3 Å². The van der Waals surface area contributed by atoms with E-state index < -0.39 is 0 Å². The van der Waals surface area contributed by atoms with E-state index in [1.165, 1.54) is 12.0 Å². The molecule has 4 heteroatoms. The van der Waals surface area contributed by atoms with Crippen LogP contribution in [0.25, 0.3) is 0 Å². The van der Waals surface area contributed by atoms with Crippen molar-refractivity contribution in [2.24, 2.45) is 5.41 Å². The second kappa shape index (κ2) is 7.63. The lowest BCUT2D eigenvalue weighted by molar-refractivity contribution is 0.0840. The number of benzene rings is 1. The maximum absolute atomic E-state index is 12.0. The molecule has 122 valence electrons. The number of aliphatic hydroxyl groups excluding tert-OH is 1. The summed E-state index contributed by atoms with van der Waals surface area (Å²) in [4.78, 5) is 12.0. The second-order valence-corrected chi connectivity index (χ2v) is 6.80. The van der Waals surface area contributed by atoms with Crippen molar-refractivity contribution in [1.82, 2.24) is 5.32 Å². The highest BCUT2D eigenvalue weighted by Gasteiger charge is 2.31. The molecule has 0 spiro atoms. The van der Waals surface area contributed by atoms with Gasteiger partial charge in [-0.3, -0.25) is 0 Å². The lowest BCUT2D eigenvalue weighted by Gasteiger charge is -2.35. The molecule has 3 N–H and O–H groups in total. The largest absolute Gasteiger partial charge is 0.396 e. The summed E-state index contributed by atoms with van der Waals surface area (Å²) in [5, 5.41) is 15.4. The quantitative estimate of drug-likeness (QED) is 0.773. The maximum atomic E-state index is 12.0. The molecular formula is C18H28N2O2. The van der Waals surface area contributed by atoms with Gasteiger partial charge in [0.05, 0.1) is 6.61 Å². The summed E-state index contributed by atoms with van der Waals surface area (Å²) in [7, 11) is 0. The first kappa shape index (κ1) is 16.8. The van der Waals surface area contributed by atoms with Gasteiger partial charge in [-0.05, 0) is 36.5 Å². The SMILES string of the molecule is CC(C)c1ccc(NC(=O)NCC2(CO)CCCCC2)cc1. The molecule has 2 amide bonds. The van der Waals surface area contributed by atoms with Gasteiger partial charge in [-0.1, -0.05) is 45.2 Å². The average Bonchev–Trinajstić information content (AvgIpc) is 2.54. The van der Waals surface area contributed by atoms with Gasteiger partial charge < -0.3 is 15.7 Å². The van der Waals surface area contributed by atoms with Crippen molar-refractivity contribution in [3.63, 3.8) is 0 Å². The zero-order valence-corrected chi connectivity index (χ0v) is 13.7. The van der Waals surface area contributed by atoms with Crippen LogP contribution in [0.5, 0.6) is 0 Å². The predicted octanol–water partition coefficient (Wildman–Crippen LogP) is 3.87. The van der Waals surface area contributed by atoms with Gasteiger partial charge in [0.1, 0.15) is 0 Å². The summed E-state index contributed by atoms with van der Waals surface area (Å²) in [6.07, 6.45) is 5.50. The van der Waals surface area contributed by atoms with Crippen molar-refractivity contribution in [2.45, 2.75) is 51.9 Å². The molecule has 1 aliphatic carbocycles. The number of hydrogen-bond donors (Lipinski definition) is 3. The summed E-state index contributed by atoms with van der Waals surface area (Å²) in [5.74, 6) is 0.485. The molecule has 1 fully saturated rings. The smallest absolute Gasteiger partial charge is 0.319 e. The molecule has 1 aromatic carbocycles. The van der Waals surface area contributed by atoms with Gasteiger partial charge in [0.15, 0.2) is 0 Å². The first-order chi connectivity index (χ1) is 10.5. The van der Waals surface area contributed by atoms with Gasteiger partial charge in [0, 0.05) is 17.6 Å². The van der Waals surface area contributed by atoms with Crippen molar-refractivity contribution >= 4 is 11.7 Å². The summed E-state index contributed by atoms with van der Waals surface area (Å²) >= 11 is 0. The Labute approximate surface area is 133 Å². The molecule has 0 radical (unpaired) electrons. The van der Waals surface area contributed by atoms with E-state index in [4.69, 9.17) is 0 Å². The minimum Gasteiger partial charge on any atom is -0.396 e. The van der Waals surface area contributed by atoms with Crippen LogP contribution in [0.4, 0.5) is 10.5 Å². The van der Waals surface area contributed by atoms with Gasteiger partial charge >= 0.3 is 6.03 Å². The van der Waals surface area contributed by atoms with E-state index in [1.807, 2.05) is 24.3 Å². The Balaban J connectivity index is 1.84. The number of amides is 2. The van der Waals surface area contributed by atoms with Crippen LogP contribution in [-0.2, 0) is 0 Å². The Morgan fingerprint density at radius 2 is 1.82 bits per heavy atom. The number of anilines is 1. The molecule has 2 rings (SSSR count). The van der Waals surface area contributed by atoms with Crippen LogP contribution in [0, 0.1) is 5.41 Å². The Bertz CT molecular complexity index is 476. The molecule has 1 saturated carbocycles. The molecule has 22 heavy (non-hydrogen) atoms. The van der Waals surface area contributed by atoms with Gasteiger partial charge in [-0.25, -0.2) is 4.79 Å². The van der Waals surface area contributed by atoms with Gasteiger partial charge in [-0.15, -0.1) is 0 Å². The number of carbonyl (C=O) groups is 1. The zero-order chi connectivity index (χ0) is 16.0. The third-order valence-electron chi connectivity index (χ3n) is 4.71. The van der Waals surface area contributed by atoms with Crippen molar-refractivity contribution in [3.05, 3.63) is 29.8 Å². The number of aliphatic hydroxyl groups is 1. The molecule has 0 atom stereocenters. The number of hydrogen-bond acceptors (Lipinski definition) is 2. The van der Waals surface area contributed by atoms with E-state index >= 15 is 0 Å². The highest BCUT2D eigenvalue weighted by molar-refractivity contribution is 5.89. The molecule has 0 unspecified atom stereocenters. The topological polar surface area (TPSA) is 61.4 Å². The summed E-state index contributed by atoms with van der Waals surface area (Å²) < 4.78 is 0. The summed E-state index contributed by atoms with van der Waals surface area (Å²) in [6.45, 7) is 4.98. The number of rotatable bonds is 5. The summed E-state index contributed by atoms with van der Waals surface area (Å²) in [6, 6.07) is 7.73. The van der Waals surface area contributed by atoms with E-state index in [0.717, 1.165) is 31.4 Å². The van der Waals surface area contributed by atoms with Crippen LogP contribution in [0.1, 0.15) is 57.4 Å². The predicted molar refractivity (Wildman–Crippen MR) is 90.2 cm³/mol. The van der Waals surface area contributed by atoms with Gasteiger partial charge in [0.25, 0.3) is 0 Å². The Morgan fingerprint density at radius 1 is 1.18 bits per heavy atom. The van der Waals surface area contributed by atoms with E-state index in [1.54, 1.807) is 0 Å². The normalized spacial score (nSPS) is 17.3. The molecule has 4 nitrogen and oxygen atoms in total. The minimum absolute atomic E-state index is 0.128. The fourth-order valence-electron chi connectivity index (χ4n) is 3.09. The Kier molecular flexibility index (Phi) is 5.83. The van der Waals surface area contributed by atoms with Crippen molar-refractivity contribution in [3.8, 4) is 0 Å². The third kappa shape index (κ3) is 4.47. The van der Waals surface area contributed by atoms with Crippen LogP contribution in [0.2, 0.25) is 0 Å². The van der Waals surface area contributed by atoms with Crippen LogP contribution in [0.3, 0.4) is 0 Å². The van der Waals surface area contributed by atoms with Crippen LogP contribution in [0.15, 0.2) is 24.3 Å². The maximum Gasteiger partial charge on any atom is 0.319 e. The first-order valence-corrected chi connectivity index (χ1v) is 8.30. The molecule has 0 saturated heterocycles. The molecule has 1 aliphatic rings. The second-order valence-electron chi connectivity index (χ2n) is 6.80. The Hall–Kier alpha value is -1.55. The molecule has 0 aromatic heterocycles. The van der Waals surface area contributed by atoms with Crippen LogP contribution < -0.4 is 10.6 Å². The fraction of sp³-hybridized carbons (Fsp3) is 0.611. The molecule has 1 aromatic rings. The van der Waals surface area contributed by atoms with Crippen molar-refractivity contribution < 1.29 is 9.90 Å². The zero-order valence-electron chi connectivity index (χ0n) is 13.7.